The summed E-state index contributed by atoms with van der Waals surface area (Å²) in [5, 5.41) is 9.76. The summed E-state index contributed by atoms with van der Waals surface area (Å²) in [7, 11) is 1.50. The molecule has 11 heteroatoms. The van der Waals surface area contributed by atoms with E-state index in [-0.39, 0.29) is 60.8 Å². The largest absolute Gasteiger partial charge is 0.354 e. The minimum absolute atomic E-state index is 0.140. The summed E-state index contributed by atoms with van der Waals surface area (Å²) in [6.07, 6.45) is -0.253. The number of carbonyl (C=O) groups is 4. The lowest BCUT2D eigenvalue weighted by Crippen LogP contribution is -2.50. The fourth-order valence-corrected chi connectivity index (χ4v) is 4.75. The van der Waals surface area contributed by atoms with Crippen molar-refractivity contribution in [3.8, 4) is 0 Å². The van der Waals surface area contributed by atoms with Gasteiger partial charge in [0.15, 0.2) is 12.0 Å². The number of fused-ring (bicyclic) bond motifs is 1. The lowest BCUT2D eigenvalue weighted by molar-refractivity contribution is -0.198. The Balaban J connectivity index is 1.17. The van der Waals surface area contributed by atoms with Crippen molar-refractivity contribution in [2.45, 2.75) is 31.7 Å². The van der Waals surface area contributed by atoms with Crippen LogP contribution in [0, 0.1) is 0 Å². The normalized spacial score (nSPS) is 19.5. The van der Waals surface area contributed by atoms with Crippen LogP contribution in [0.4, 0.5) is 0 Å². The first-order valence-electron chi connectivity index (χ1n) is 12.7. The molecule has 1 aromatic heterocycles. The Morgan fingerprint density at radius 1 is 0.974 bits per heavy atom. The van der Waals surface area contributed by atoms with Crippen LogP contribution in [0.15, 0.2) is 60.7 Å². The molecule has 202 valence electrons. The molecule has 0 aliphatic carbocycles. The number of hydrogen-bond donors (Lipinski definition) is 2. The number of carbonyl (C=O) groups excluding carboxylic acids is 4. The second kappa shape index (κ2) is 11.2. The molecule has 1 saturated heterocycles. The summed E-state index contributed by atoms with van der Waals surface area (Å²) in [6.45, 7) is 2.42. The zero-order chi connectivity index (χ0) is 27.5. The van der Waals surface area contributed by atoms with Crippen LogP contribution in [0.2, 0.25) is 0 Å². The van der Waals surface area contributed by atoms with E-state index in [4.69, 9.17) is 9.47 Å². The van der Waals surface area contributed by atoms with Gasteiger partial charge in [0, 0.05) is 26.1 Å². The summed E-state index contributed by atoms with van der Waals surface area (Å²) in [5.74, 6) is -1.48. The van der Waals surface area contributed by atoms with Gasteiger partial charge in [0.1, 0.15) is 5.69 Å². The van der Waals surface area contributed by atoms with Crippen molar-refractivity contribution in [3.05, 3.63) is 88.7 Å². The number of benzene rings is 2. The Morgan fingerprint density at radius 3 is 2.21 bits per heavy atom. The fraction of sp³-hybridized carbons (Fsp3) is 0.321. The summed E-state index contributed by atoms with van der Waals surface area (Å²) in [6, 6.07) is 16.9. The van der Waals surface area contributed by atoms with Crippen LogP contribution < -0.4 is 10.6 Å². The number of ether oxygens (including phenoxy) is 2. The molecule has 1 atom stereocenters. The van der Waals surface area contributed by atoms with Gasteiger partial charge in [-0.2, -0.15) is 5.10 Å². The highest BCUT2D eigenvalue weighted by Crippen LogP contribution is 2.26. The predicted molar refractivity (Wildman–Crippen MR) is 139 cm³/mol. The monoisotopic (exact) mass is 531 g/mol. The fourth-order valence-electron chi connectivity index (χ4n) is 4.75. The number of imide groups is 1. The summed E-state index contributed by atoms with van der Waals surface area (Å²) in [5.41, 5.74) is 2.10. The van der Waals surface area contributed by atoms with Crippen molar-refractivity contribution in [2.24, 2.45) is 0 Å². The lowest BCUT2D eigenvalue weighted by atomic mass is 10.1. The van der Waals surface area contributed by atoms with Crippen LogP contribution in [0.25, 0.3) is 0 Å². The molecule has 0 spiro atoms. The minimum atomic E-state index is -0.605. The SMILES string of the molecule is CNC(=O)c1cc(C(=O)NCCC2OCC(N3C(=O)c4ccccc4C3=O)CO2)n([C@@H](C)c2ccccc2)n1. The second-order valence-electron chi connectivity index (χ2n) is 9.35. The Morgan fingerprint density at radius 2 is 1.59 bits per heavy atom. The van der Waals surface area contributed by atoms with E-state index in [1.807, 2.05) is 37.3 Å². The van der Waals surface area contributed by atoms with Gasteiger partial charge in [0.25, 0.3) is 23.6 Å². The van der Waals surface area contributed by atoms with E-state index in [0.717, 1.165) is 5.56 Å². The van der Waals surface area contributed by atoms with E-state index in [1.54, 1.807) is 24.3 Å². The molecular weight excluding hydrogens is 502 g/mol. The first kappa shape index (κ1) is 26.3. The van der Waals surface area contributed by atoms with Crippen molar-refractivity contribution in [1.29, 1.82) is 0 Å². The molecule has 39 heavy (non-hydrogen) atoms. The van der Waals surface area contributed by atoms with E-state index in [2.05, 4.69) is 15.7 Å². The van der Waals surface area contributed by atoms with Crippen molar-refractivity contribution < 1.29 is 28.7 Å². The molecule has 0 radical (unpaired) electrons. The van der Waals surface area contributed by atoms with E-state index >= 15 is 0 Å². The van der Waals surface area contributed by atoms with E-state index in [0.29, 0.717) is 17.5 Å². The van der Waals surface area contributed by atoms with Crippen LogP contribution in [0.5, 0.6) is 0 Å². The number of aromatic nitrogens is 2. The first-order chi connectivity index (χ1) is 18.9. The van der Waals surface area contributed by atoms with Crippen LogP contribution in [0.1, 0.15) is 66.6 Å². The second-order valence-corrected chi connectivity index (χ2v) is 9.35. The molecule has 2 aliphatic heterocycles. The summed E-state index contributed by atoms with van der Waals surface area (Å²) >= 11 is 0. The van der Waals surface area contributed by atoms with Crippen molar-refractivity contribution >= 4 is 23.6 Å². The zero-order valence-electron chi connectivity index (χ0n) is 21.6. The van der Waals surface area contributed by atoms with Crippen LogP contribution >= 0.6 is 0 Å². The Kier molecular flexibility index (Phi) is 7.53. The highest BCUT2D eigenvalue weighted by Gasteiger charge is 2.41. The molecule has 2 N–H and O–H groups in total. The highest BCUT2D eigenvalue weighted by atomic mass is 16.7. The van der Waals surface area contributed by atoms with Gasteiger partial charge in [0.2, 0.25) is 0 Å². The Labute approximate surface area is 225 Å². The molecular formula is C28H29N5O6. The Bertz CT molecular complexity index is 1360. The summed E-state index contributed by atoms with van der Waals surface area (Å²) < 4.78 is 13.1. The third-order valence-electron chi connectivity index (χ3n) is 6.88. The molecule has 4 amide bonds. The number of nitrogens with one attached hydrogen (secondary N) is 2. The van der Waals surface area contributed by atoms with E-state index < -0.39 is 12.3 Å². The third-order valence-corrected chi connectivity index (χ3v) is 6.88. The smallest absolute Gasteiger partial charge is 0.271 e. The predicted octanol–water partition coefficient (Wildman–Crippen LogP) is 2.01. The van der Waals surface area contributed by atoms with Gasteiger partial charge < -0.3 is 20.1 Å². The van der Waals surface area contributed by atoms with Gasteiger partial charge >= 0.3 is 0 Å². The molecule has 3 heterocycles. The van der Waals surface area contributed by atoms with Crippen molar-refractivity contribution in [1.82, 2.24) is 25.3 Å². The van der Waals surface area contributed by atoms with Crippen LogP contribution in [-0.2, 0) is 9.47 Å². The quantitative estimate of drug-likeness (QED) is 0.425. The molecule has 2 aromatic carbocycles. The highest BCUT2D eigenvalue weighted by molar-refractivity contribution is 6.21. The van der Waals surface area contributed by atoms with Crippen LogP contribution in [0.3, 0.4) is 0 Å². The average Bonchev–Trinajstić information content (AvgIpc) is 3.53. The number of rotatable bonds is 8. The topological polar surface area (TPSA) is 132 Å². The molecule has 0 saturated carbocycles. The third kappa shape index (κ3) is 5.18. The molecule has 0 unspecified atom stereocenters. The van der Waals surface area contributed by atoms with Gasteiger partial charge in [-0.25, -0.2) is 0 Å². The maximum atomic E-state index is 13.1. The van der Waals surface area contributed by atoms with Crippen LogP contribution in [-0.4, -0.2) is 77.4 Å². The molecule has 1 fully saturated rings. The van der Waals surface area contributed by atoms with Crippen molar-refractivity contribution in [2.75, 3.05) is 26.8 Å². The standard InChI is InChI=1S/C28H29N5O6/c1-17(18-8-4-3-5-9-18)33-23(14-22(31-33)25(34)29-2)26(35)30-13-12-24-38-15-19(16-39-24)32-27(36)20-10-6-7-11-21(20)28(32)37/h3-11,14,17,19,24H,12-13,15-16H2,1-2H3,(H,29,34)(H,30,35)/t17-,19?,24?/m0/s1. The van der Waals surface area contributed by atoms with Gasteiger partial charge in [-0.15, -0.1) is 0 Å². The molecule has 11 nitrogen and oxygen atoms in total. The summed E-state index contributed by atoms with van der Waals surface area (Å²) in [4.78, 5) is 51.9. The number of amides is 4. The molecule has 5 rings (SSSR count). The first-order valence-corrected chi connectivity index (χ1v) is 12.7. The van der Waals surface area contributed by atoms with Crippen molar-refractivity contribution in [3.63, 3.8) is 0 Å². The van der Waals surface area contributed by atoms with Gasteiger partial charge in [-0.05, 0) is 24.6 Å². The number of nitrogens with zero attached hydrogens (tertiary/aromatic N) is 3. The minimum Gasteiger partial charge on any atom is -0.354 e. The zero-order valence-corrected chi connectivity index (χ0v) is 21.6. The van der Waals surface area contributed by atoms with Gasteiger partial charge in [-0.3, -0.25) is 28.8 Å². The number of hydrogen-bond acceptors (Lipinski definition) is 7. The molecule has 2 aliphatic rings. The Hall–Kier alpha value is -4.35. The van der Waals surface area contributed by atoms with E-state index in [1.165, 1.54) is 22.7 Å². The van der Waals surface area contributed by atoms with E-state index in [9.17, 15) is 19.2 Å². The molecule has 0 bridgehead atoms. The maximum Gasteiger partial charge on any atom is 0.271 e. The maximum absolute atomic E-state index is 13.1. The molecule has 3 aromatic rings. The van der Waals surface area contributed by atoms with Gasteiger partial charge in [-0.1, -0.05) is 42.5 Å². The van der Waals surface area contributed by atoms with Gasteiger partial charge in [0.05, 0.1) is 36.4 Å². The average molecular weight is 532 g/mol. The lowest BCUT2D eigenvalue weighted by Gasteiger charge is -2.33.